The summed E-state index contributed by atoms with van der Waals surface area (Å²) in [7, 11) is 1.31. The lowest BCUT2D eigenvalue weighted by Crippen LogP contribution is -2.12. The summed E-state index contributed by atoms with van der Waals surface area (Å²) in [5, 5.41) is 0. The normalized spacial score (nSPS) is 10.4. The number of methoxy groups -OCH3 is 1. The Balaban J connectivity index is 2.51. The van der Waals surface area contributed by atoms with Gasteiger partial charge in [-0.15, -0.1) is 0 Å². The average molecular weight is 246 g/mol. The van der Waals surface area contributed by atoms with Gasteiger partial charge in [-0.3, -0.25) is 4.57 Å². The number of hydrogen-bond acceptors (Lipinski definition) is 5. The first-order chi connectivity index (χ1) is 8.65. The quantitative estimate of drug-likeness (QED) is 0.764. The number of imidazole rings is 1. The van der Waals surface area contributed by atoms with Crippen LogP contribution in [0.4, 0.5) is 0 Å². The van der Waals surface area contributed by atoms with Crippen molar-refractivity contribution in [2.45, 2.75) is 20.3 Å². The molecule has 0 atom stereocenters. The molecule has 0 unspecified atom stereocenters. The number of ether oxygens (including phenoxy) is 1. The van der Waals surface area contributed by atoms with Gasteiger partial charge in [0.05, 0.1) is 7.11 Å². The van der Waals surface area contributed by atoms with Gasteiger partial charge in [0.25, 0.3) is 0 Å². The Labute approximate surface area is 105 Å². The highest BCUT2D eigenvalue weighted by Crippen LogP contribution is 2.10. The van der Waals surface area contributed by atoms with Gasteiger partial charge < -0.3 is 4.74 Å². The molecule has 0 bridgehead atoms. The van der Waals surface area contributed by atoms with Gasteiger partial charge in [-0.1, -0.05) is 6.92 Å². The van der Waals surface area contributed by atoms with Gasteiger partial charge in [0.1, 0.15) is 11.6 Å². The van der Waals surface area contributed by atoms with Crippen LogP contribution >= 0.6 is 0 Å². The van der Waals surface area contributed by atoms with Crippen LogP contribution in [0.1, 0.15) is 29.1 Å². The van der Waals surface area contributed by atoms with Crippen LogP contribution < -0.4 is 0 Å². The summed E-state index contributed by atoms with van der Waals surface area (Å²) in [5.74, 6) is 1.02. The van der Waals surface area contributed by atoms with Crippen LogP contribution in [0.15, 0.2) is 18.5 Å². The van der Waals surface area contributed by atoms with E-state index in [-0.39, 0.29) is 5.82 Å². The second kappa shape index (κ2) is 4.95. The molecule has 6 nitrogen and oxygen atoms in total. The van der Waals surface area contributed by atoms with Crippen molar-refractivity contribution >= 4 is 5.97 Å². The summed E-state index contributed by atoms with van der Waals surface area (Å²) in [6.07, 6.45) is 4.29. The van der Waals surface area contributed by atoms with Gasteiger partial charge in [0.2, 0.25) is 5.82 Å². The lowest BCUT2D eigenvalue weighted by Gasteiger charge is -2.07. The Morgan fingerprint density at radius 3 is 2.89 bits per heavy atom. The van der Waals surface area contributed by atoms with Crippen LogP contribution in [0, 0.1) is 6.92 Å². The van der Waals surface area contributed by atoms with Gasteiger partial charge in [-0.2, -0.15) is 0 Å². The first-order valence-corrected chi connectivity index (χ1v) is 5.62. The molecular weight excluding hydrogens is 232 g/mol. The minimum Gasteiger partial charge on any atom is -0.463 e. The number of esters is 1. The van der Waals surface area contributed by atoms with Crippen molar-refractivity contribution in [3.63, 3.8) is 0 Å². The Kier molecular flexibility index (Phi) is 3.36. The number of hydrogen-bond donors (Lipinski definition) is 0. The molecule has 2 aromatic rings. The lowest BCUT2D eigenvalue weighted by molar-refractivity contribution is 0.0586. The molecule has 0 spiro atoms. The third kappa shape index (κ3) is 2.22. The molecule has 0 aliphatic carbocycles. The smallest absolute Gasteiger partial charge is 0.376 e. The first-order valence-electron chi connectivity index (χ1n) is 5.62. The molecule has 2 rings (SSSR count). The standard InChI is InChI=1S/C12H14N4O2/c1-4-9-13-5-6-16(9)10-7-8(2)14-11(15-10)12(17)18-3/h5-7H,4H2,1-3H3. The fraction of sp³-hybridized carbons (Fsp3) is 0.333. The van der Waals surface area contributed by atoms with E-state index in [1.54, 1.807) is 19.2 Å². The number of aryl methyl sites for hydroxylation is 2. The molecule has 2 aromatic heterocycles. The van der Waals surface area contributed by atoms with Crippen molar-refractivity contribution in [1.82, 2.24) is 19.5 Å². The molecule has 0 aromatic carbocycles. The van der Waals surface area contributed by atoms with E-state index in [2.05, 4.69) is 19.7 Å². The van der Waals surface area contributed by atoms with E-state index in [0.29, 0.717) is 11.5 Å². The van der Waals surface area contributed by atoms with E-state index < -0.39 is 5.97 Å². The van der Waals surface area contributed by atoms with E-state index in [9.17, 15) is 4.79 Å². The van der Waals surface area contributed by atoms with Crippen LogP contribution in [0.3, 0.4) is 0 Å². The van der Waals surface area contributed by atoms with Gasteiger partial charge in [0, 0.05) is 30.6 Å². The molecule has 0 amide bonds. The molecule has 2 heterocycles. The van der Waals surface area contributed by atoms with Gasteiger partial charge in [0.15, 0.2) is 0 Å². The molecule has 0 saturated heterocycles. The minimum absolute atomic E-state index is 0.0586. The van der Waals surface area contributed by atoms with Crippen LogP contribution in [0.5, 0.6) is 0 Å². The van der Waals surface area contributed by atoms with E-state index in [4.69, 9.17) is 0 Å². The lowest BCUT2D eigenvalue weighted by atomic mass is 10.4. The van der Waals surface area contributed by atoms with E-state index in [0.717, 1.165) is 12.2 Å². The summed E-state index contributed by atoms with van der Waals surface area (Å²) >= 11 is 0. The van der Waals surface area contributed by atoms with E-state index in [1.807, 2.05) is 17.7 Å². The topological polar surface area (TPSA) is 69.9 Å². The monoisotopic (exact) mass is 246 g/mol. The second-order valence-electron chi connectivity index (χ2n) is 3.75. The summed E-state index contributed by atoms with van der Waals surface area (Å²) in [5.41, 5.74) is 0.705. The zero-order valence-electron chi connectivity index (χ0n) is 10.5. The number of carbonyl (C=O) groups excluding carboxylic acids is 1. The molecule has 0 aliphatic rings. The molecular formula is C12H14N4O2. The molecule has 0 N–H and O–H groups in total. The molecule has 18 heavy (non-hydrogen) atoms. The van der Waals surface area contributed by atoms with Crippen LogP contribution in [-0.2, 0) is 11.2 Å². The van der Waals surface area contributed by atoms with Crippen LogP contribution in [-0.4, -0.2) is 32.6 Å². The third-order valence-corrected chi connectivity index (χ3v) is 2.49. The van der Waals surface area contributed by atoms with Crippen molar-refractivity contribution in [3.8, 4) is 5.82 Å². The molecule has 0 fully saturated rings. The fourth-order valence-corrected chi connectivity index (χ4v) is 1.66. The first kappa shape index (κ1) is 12.2. The van der Waals surface area contributed by atoms with E-state index >= 15 is 0 Å². The van der Waals surface area contributed by atoms with Crippen molar-refractivity contribution in [2.24, 2.45) is 0 Å². The Hall–Kier alpha value is -2.24. The van der Waals surface area contributed by atoms with Gasteiger partial charge in [-0.25, -0.2) is 19.7 Å². The molecule has 6 heteroatoms. The number of aromatic nitrogens is 4. The van der Waals surface area contributed by atoms with Gasteiger partial charge in [-0.05, 0) is 6.92 Å². The molecule has 0 saturated carbocycles. The highest BCUT2D eigenvalue weighted by molar-refractivity contribution is 5.85. The second-order valence-corrected chi connectivity index (χ2v) is 3.75. The highest BCUT2D eigenvalue weighted by atomic mass is 16.5. The summed E-state index contributed by atoms with van der Waals surface area (Å²) in [6.45, 7) is 3.81. The minimum atomic E-state index is -0.543. The number of carbonyl (C=O) groups is 1. The van der Waals surface area contributed by atoms with Crippen LogP contribution in [0.25, 0.3) is 5.82 Å². The maximum Gasteiger partial charge on any atom is 0.376 e. The number of nitrogens with zero attached hydrogens (tertiary/aromatic N) is 4. The number of rotatable bonds is 3. The maximum absolute atomic E-state index is 11.5. The van der Waals surface area contributed by atoms with Crippen molar-refractivity contribution < 1.29 is 9.53 Å². The maximum atomic E-state index is 11.5. The summed E-state index contributed by atoms with van der Waals surface area (Å²) < 4.78 is 6.47. The van der Waals surface area contributed by atoms with Crippen molar-refractivity contribution in [3.05, 3.63) is 35.8 Å². The Bertz CT molecular complexity index is 577. The molecule has 94 valence electrons. The molecule has 0 radical (unpaired) electrons. The van der Waals surface area contributed by atoms with Crippen molar-refractivity contribution in [1.29, 1.82) is 0 Å². The SMILES string of the molecule is CCc1nccn1-c1cc(C)nc(C(=O)OC)n1. The zero-order valence-corrected chi connectivity index (χ0v) is 10.5. The third-order valence-electron chi connectivity index (χ3n) is 2.49. The largest absolute Gasteiger partial charge is 0.463 e. The predicted molar refractivity (Wildman–Crippen MR) is 64.6 cm³/mol. The summed E-state index contributed by atoms with van der Waals surface area (Å²) in [6, 6.07) is 1.80. The highest BCUT2D eigenvalue weighted by Gasteiger charge is 2.13. The van der Waals surface area contributed by atoms with Gasteiger partial charge >= 0.3 is 5.97 Å². The average Bonchev–Trinajstić information content (AvgIpc) is 2.85. The summed E-state index contributed by atoms with van der Waals surface area (Å²) in [4.78, 5) is 23.9. The fourth-order valence-electron chi connectivity index (χ4n) is 1.66. The Morgan fingerprint density at radius 2 is 2.22 bits per heavy atom. The van der Waals surface area contributed by atoms with Crippen molar-refractivity contribution in [2.75, 3.05) is 7.11 Å². The molecule has 0 aliphatic heterocycles. The van der Waals surface area contributed by atoms with Crippen LogP contribution in [0.2, 0.25) is 0 Å². The zero-order chi connectivity index (χ0) is 13.1. The van der Waals surface area contributed by atoms with E-state index in [1.165, 1.54) is 7.11 Å². The predicted octanol–water partition coefficient (Wildman–Crippen LogP) is 1.32. The Morgan fingerprint density at radius 1 is 1.44 bits per heavy atom.